The largest absolute Gasteiger partial charge is 0.444 e. The average molecular weight is 369 g/mol. The third kappa shape index (κ3) is 6.56. The maximum atomic E-state index is 12.6. The van der Waals surface area contributed by atoms with Gasteiger partial charge in [0.05, 0.1) is 6.61 Å². The van der Waals surface area contributed by atoms with E-state index in [4.69, 9.17) is 4.74 Å². The average Bonchev–Trinajstić information content (AvgIpc) is 2.58. The molecule has 1 saturated heterocycles. The summed E-state index contributed by atoms with van der Waals surface area (Å²) in [5, 5.41) is 0. The summed E-state index contributed by atoms with van der Waals surface area (Å²) in [6.07, 6.45) is 2.48. The molecule has 0 aromatic heterocycles. The number of benzene rings is 1. The first-order valence-corrected chi connectivity index (χ1v) is 9.11. The number of hydrogen-bond acceptors (Lipinski definition) is 3. The van der Waals surface area contributed by atoms with Gasteiger partial charge in [-0.3, -0.25) is 0 Å². The van der Waals surface area contributed by atoms with Crippen LogP contribution in [-0.2, 0) is 15.9 Å². The molecule has 1 aliphatic heterocycles. The fourth-order valence-electron chi connectivity index (χ4n) is 3.25. The number of hydrogen-bond donors (Lipinski definition) is 0. The number of alkyl halides is 2. The van der Waals surface area contributed by atoms with Gasteiger partial charge in [-0.25, -0.2) is 4.79 Å². The number of nitrogens with zero attached hydrogens (tertiary/aromatic N) is 1. The number of rotatable bonds is 6. The molecule has 1 aromatic rings. The van der Waals surface area contributed by atoms with E-state index in [1.54, 1.807) is 4.90 Å². The van der Waals surface area contributed by atoms with Crippen LogP contribution in [0.25, 0.3) is 0 Å². The fourth-order valence-corrected chi connectivity index (χ4v) is 3.25. The Morgan fingerprint density at radius 1 is 1.19 bits per heavy atom. The van der Waals surface area contributed by atoms with E-state index in [0.29, 0.717) is 25.9 Å². The molecule has 146 valence electrons. The molecule has 1 aliphatic rings. The Balaban J connectivity index is 1.97. The minimum Gasteiger partial charge on any atom is -0.444 e. The molecule has 6 heteroatoms. The second kappa shape index (κ2) is 8.80. The van der Waals surface area contributed by atoms with Crippen molar-refractivity contribution in [3.05, 3.63) is 35.9 Å². The predicted octanol–water partition coefficient (Wildman–Crippen LogP) is 4.88. The van der Waals surface area contributed by atoms with Crippen LogP contribution in [0.3, 0.4) is 0 Å². The maximum Gasteiger partial charge on any atom is 0.410 e. The number of piperidine rings is 1. The van der Waals surface area contributed by atoms with Crippen LogP contribution in [0.4, 0.5) is 13.6 Å². The lowest BCUT2D eigenvalue weighted by molar-refractivity contribution is -0.159. The lowest BCUT2D eigenvalue weighted by atomic mass is 9.75. The van der Waals surface area contributed by atoms with E-state index in [1.165, 1.54) is 5.56 Å². The highest BCUT2D eigenvalue weighted by atomic mass is 19.3. The predicted molar refractivity (Wildman–Crippen MR) is 96.2 cm³/mol. The molecule has 0 N–H and O–H groups in total. The van der Waals surface area contributed by atoms with Gasteiger partial charge in [-0.1, -0.05) is 30.3 Å². The summed E-state index contributed by atoms with van der Waals surface area (Å²) in [5.41, 5.74) is 0.293. The minimum absolute atomic E-state index is 0.0136. The smallest absolute Gasteiger partial charge is 0.410 e. The molecule has 0 atom stereocenters. The van der Waals surface area contributed by atoms with Gasteiger partial charge in [0.2, 0.25) is 0 Å². The van der Waals surface area contributed by atoms with E-state index in [0.717, 1.165) is 12.8 Å². The molecule has 1 aromatic carbocycles. The van der Waals surface area contributed by atoms with Crippen molar-refractivity contribution in [3.8, 4) is 0 Å². The van der Waals surface area contributed by atoms with Gasteiger partial charge in [0.1, 0.15) is 5.60 Å². The molecular formula is C20H29F2NO3. The summed E-state index contributed by atoms with van der Waals surface area (Å²) < 4.78 is 35.3. The third-order valence-corrected chi connectivity index (χ3v) is 4.78. The highest BCUT2D eigenvalue weighted by molar-refractivity contribution is 5.68. The van der Waals surface area contributed by atoms with E-state index < -0.39 is 12.2 Å². The van der Waals surface area contributed by atoms with Crippen LogP contribution in [0.15, 0.2) is 30.3 Å². The van der Waals surface area contributed by atoms with Gasteiger partial charge in [0.15, 0.2) is 0 Å². The molecule has 2 rings (SSSR count). The molecule has 1 amide bonds. The Morgan fingerprint density at radius 2 is 1.81 bits per heavy atom. The van der Waals surface area contributed by atoms with Gasteiger partial charge in [0, 0.05) is 13.1 Å². The summed E-state index contributed by atoms with van der Waals surface area (Å²) in [6, 6.07) is 9.99. The lowest BCUT2D eigenvalue weighted by Crippen LogP contribution is -2.47. The zero-order chi connectivity index (χ0) is 19.2. The van der Waals surface area contributed by atoms with Crippen LogP contribution in [-0.4, -0.2) is 42.9 Å². The highest BCUT2D eigenvalue weighted by Crippen LogP contribution is 2.37. The van der Waals surface area contributed by atoms with Gasteiger partial charge >= 0.3 is 12.7 Å². The van der Waals surface area contributed by atoms with Crippen LogP contribution in [0.1, 0.15) is 45.6 Å². The van der Waals surface area contributed by atoms with E-state index in [-0.39, 0.29) is 18.1 Å². The first kappa shape index (κ1) is 20.6. The Bertz CT molecular complexity index is 564. The zero-order valence-corrected chi connectivity index (χ0v) is 15.8. The van der Waals surface area contributed by atoms with E-state index in [1.807, 2.05) is 51.1 Å². The number of amides is 1. The molecule has 1 fully saturated rings. The fraction of sp³-hybridized carbons (Fsp3) is 0.650. The van der Waals surface area contributed by atoms with Gasteiger partial charge < -0.3 is 14.4 Å². The van der Waals surface area contributed by atoms with Crippen molar-refractivity contribution in [2.75, 3.05) is 19.7 Å². The highest BCUT2D eigenvalue weighted by Gasteiger charge is 2.37. The van der Waals surface area contributed by atoms with Crippen LogP contribution in [0.5, 0.6) is 0 Å². The van der Waals surface area contributed by atoms with Gasteiger partial charge in [-0.2, -0.15) is 8.78 Å². The molecule has 0 radical (unpaired) electrons. The molecule has 0 saturated carbocycles. The van der Waals surface area contributed by atoms with Crippen molar-refractivity contribution >= 4 is 6.09 Å². The molecular weight excluding hydrogens is 340 g/mol. The molecule has 0 spiro atoms. The SMILES string of the molecule is CC(C)(C)OC(=O)N1CCC(CCc2ccccc2)(COC(F)F)CC1. The number of likely N-dealkylation sites (tertiary alicyclic amines) is 1. The van der Waals surface area contributed by atoms with E-state index in [2.05, 4.69) is 4.74 Å². The van der Waals surface area contributed by atoms with Crippen molar-refractivity contribution in [1.29, 1.82) is 0 Å². The third-order valence-electron chi connectivity index (χ3n) is 4.78. The van der Waals surface area contributed by atoms with Crippen LogP contribution < -0.4 is 0 Å². The summed E-state index contributed by atoms with van der Waals surface area (Å²) in [6.45, 7) is 3.72. The van der Waals surface area contributed by atoms with Crippen molar-refractivity contribution in [1.82, 2.24) is 4.90 Å². The Kier molecular flexibility index (Phi) is 6.98. The molecule has 1 heterocycles. The van der Waals surface area contributed by atoms with Crippen molar-refractivity contribution in [3.63, 3.8) is 0 Å². The molecule has 0 aliphatic carbocycles. The van der Waals surface area contributed by atoms with E-state index >= 15 is 0 Å². The lowest BCUT2D eigenvalue weighted by Gasteiger charge is -2.42. The van der Waals surface area contributed by atoms with Gasteiger partial charge in [-0.05, 0) is 57.4 Å². The summed E-state index contributed by atoms with van der Waals surface area (Å²) in [7, 11) is 0. The van der Waals surface area contributed by atoms with Gasteiger partial charge in [0.25, 0.3) is 0 Å². The normalized spacial score (nSPS) is 17.4. The first-order valence-electron chi connectivity index (χ1n) is 9.11. The second-order valence-corrected chi connectivity index (χ2v) is 8.02. The Labute approximate surface area is 154 Å². The summed E-state index contributed by atoms with van der Waals surface area (Å²) in [5.74, 6) is 0. The number of halogens is 2. The van der Waals surface area contributed by atoms with Crippen LogP contribution in [0.2, 0.25) is 0 Å². The Hall–Kier alpha value is -1.69. The number of aryl methyl sites for hydroxylation is 1. The molecule has 4 nitrogen and oxygen atoms in total. The van der Waals surface area contributed by atoms with Crippen molar-refractivity contribution in [2.24, 2.45) is 5.41 Å². The minimum atomic E-state index is -2.77. The van der Waals surface area contributed by atoms with Crippen LogP contribution >= 0.6 is 0 Å². The quantitative estimate of drug-likeness (QED) is 0.718. The molecule has 0 bridgehead atoms. The number of carbonyl (C=O) groups is 1. The summed E-state index contributed by atoms with van der Waals surface area (Å²) in [4.78, 5) is 13.9. The van der Waals surface area contributed by atoms with Crippen molar-refractivity contribution < 1.29 is 23.0 Å². The van der Waals surface area contributed by atoms with Gasteiger partial charge in [-0.15, -0.1) is 0 Å². The monoisotopic (exact) mass is 369 g/mol. The topological polar surface area (TPSA) is 38.8 Å². The molecule has 26 heavy (non-hydrogen) atoms. The number of carbonyl (C=O) groups excluding carboxylic acids is 1. The summed E-state index contributed by atoms with van der Waals surface area (Å²) >= 11 is 0. The second-order valence-electron chi connectivity index (χ2n) is 8.02. The Morgan fingerprint density at radius 3 is 2.35 bits per heavy atom. The van der Waals surface area contributed by atoms with Crippen LogP contribution in [0, 0.1) is 5.41 Å². The van der Waals surface area contributed by atoms with E-state index in [9.17, 15) is 13.6 Å². The first-order chi connectivity index (χ1) is 12.2. The van der Waals surface area contributed by atoms with Crippen molar-refractivity contribution in [2.45, 2.75) is 58.7 Å². The standard InChI is InChI=1S/C20H29F2NO3/c1-19(2,3)26-18(24)23-13-11-20(12-14-23,15-25-17(21)22)10-9-16-7-5-4-6-8-16/h4-8,17H,9-15H2,1-3H3. The molecule has 0 unspecified atom stereocenters. The zero-order valence-electron chi connectivity index (χ0n) is 15.8. The number of ether oxygens (including phenoxy) is 2. The maximum absolute atomic E-state index is 12.6.